The lowest BCUT2D eigenvalue weighted by Crippen LogP contribution is -1.98. The molecule has 0 atom stereocenters. The van der Waals surface area contributed by atoms with Crippen molar-refractivity contribution in [1.29, 1.82) is 0 Å². The summed E-state index contributed by atoms with van der Waals surface area (Å²) in [5, 5.41) is 0. The first-order valence-electron chi connectivity index (χ1n) is 5.77. The van der Waals surface area contributed by atoms with Crippen LogP contribution in [0.25, 0.3) is 11.1 Å². The van der Waals surface area contributed by atoms with Crippen LogP contribution in [0, 0.1) is 5.82 Å². The molecule has 0 saturated heterocycles. The summed E-state index contributed by atoms with van der Waals surface area (Å²) in [6.07, 6.45) is 6.04. The Balaban J connectivity index is 2.20. The first kappa shape index (κ1) is 10.3. The number of nitrogens with two attached hydrogens (primary N) is 1. The number of benzene rings is 1. The Morgan fingerprint density at radius 2 is 2.00 bits per heavy atom. The van der Waals surface area contributed by atoms with Crippen molar-refractivity contribution in [3.8, 4) is 11.1 Å². The van der Waals surface area contributed by atoms with Crippen molar-refractivity contribution in [2.24, 2.45) is 0 Å². The molecule has 2 N–H and O–H groups in total. The van der Waals surface area contributed by atoms with E-state index in [1.54, 1.807) is 12.3 Å². The third-order valence-corrected chi connectivity index (χ3v) is 3.39. The number of pyridine rings is 1. The topological polar surface area (TPSA) is 38.9 Å². The number of hydrogen-bond donors (Lipinski definition) is 1. The van der Waals surface area contributed by atoms with Gasteiger partial charge in [-0.2, -0.15) is 0 Å². The number of halogens is 1. The molecule has 0 amide bonds. The van der Waals surface area contributed by atoms with Crippen LogP contribution in [0.15, 0.2) is 30.6 Å². The maximum absolute atomic E-state index is 13.7. The maximum atomic E-state index is 13.7. The average Bonchev–Trinajstić information content (AvgIpc) is 2.80. The van der Waals surface area contributed by atoms with Crippen molar-refractivity contribution in [2.45, 2.75) is 19.3 Å². The van der Waals surface area contributed by atoms with Crippen molar-refractivity contribution < 1.29 is 4.39 Å². The zero-order chi connectivity index (χ0) is 11.8. The monoisotopic (exact) mass is 228 g/mol. The number of hydrogen-bond acceptors (Lipinski definition) is 2. The summed E-state index contributed by atoms with van der Waals surface area (Å²) >= 11 is 0. The minimum atomic E-state index is -0.322. The van der Waals surface area contributed by atoms with Gasteiger partial charge in [-0.15, -0.1) is 0 Å². The van der Waals surface area contributed by atoms with Gasteiger partial charge in [-0.1, -0.05) is 12.1 Å². The molecule has 0 fully saturated rings. The first-order chi connectivity index (χ1) is 8.27. The van der Waals surface area contributed by atoms with Gasteiger partial charge >= 0.3 is 0 Å². The number of aromatic nitrogens is 1. The van der Waals surface area contributed by atoms with E-state index in [9.17, 15) is 4.39 Å². The van der Waals surface area contributed by atoms with E-state index in [0.29, 0.717) is 5.56 Å². The molecule has 2 nitrogen and oxygen atoms in total. The highest BCUT2D eigenvalue weighted by Gasteiger charge is 2.17. The molecule has 3 rings (SSSR count). The van der Waals surface area contributed by atoms with Crippen LogP contribution in [-0.2, 0) is 12.8 Å². The molecule has 0 spiro atoms. The van der Waals surface area contributed by atoms with E-state index in [0.717, 1.165) is 30.5 Å². The number of rotatable bonds is 1. The maximum Gasteiger partial charge on any atom is 0.149 e. The molecule has 17 heavy (non-hydrogen) atoms. The van der Waals surface area contributed by atoms with Crippen molar-refractivity contribution in [3.05, 3.63) is 47.5 Å². The van der Waals surface area contributed by atoms with E-state index < -0.39 is 0 Å². The number of fused-ring (bicyclic) bond motifs is 1. The molecule has 1 aromatic carbocycles. The third kappa shape index (κ3) is 1.58. The van der Waals surface area contributed by atoms with Gasteiger partial charge in [0, 0.05) is 23.0 Å². The molecule has 0 bridgehead atoms. The zero-order valence-corrected chi connectivity index (χ0v) is 9.41. The van der Waals surface area contributed by atoms with Gasteiger partial charge in [0.15, 0.2) is 0 Å². The third-order valence-electron chi connectivity index (χ3n) is 3.39. The van der Waals surface area contributed by atoms with Crippen LogP contribution < -0.4 is 5.73 Å². The number of nitrogens with zero attached hydrogens (tertiary/aromatic N) is 1. The summed E-state index contributed by atoms with van der Waals surface area (Å²) < 4.78 is 13.7. The van der Waals surface area contributed by atoms with E-state index in [1.165, 1.54) is 17.3 Å². The van der Waals surface area contributed by atoms with Crippen LogP contribution in [0.2, 0.25) is 0 Å². The van der Waals surface area contributed by atoms with E-state index in [4.69, 9.17) is 5.73 Å². The van der Waals surface area contributed by atoms with Gasteiger partial charge in [0.05, 0.1) is 6.20 Å². The molecule has 1 heterocycles. The minimum Gasteiger partial charge on any atom is -0.398 e. The standard InChI is InChI=1S/C14H13FN2/c15-13-8-17-7-6-11(13)12-5-4-9-2-1-3-10(9)14(12)16/h4-8H,1-3,16H2. The van der Waals surface area contributed by atoms with E-state index in [1.807, 2.05) is 6.07 Å². The van der Waals surface area contributed by atoms with Gasteiger partial charge < -0.3 is 5.73 Å². The summed E-state index contributed by atoms with van der Waals surface area (Å²) in [5.41, 5.74) is 10.7. The predicted octanol–water partition coefficient (Wildman–Crippen LogP) is 2.96. The van der Waals surface area contributed by atoms with Gasteiger partial charge in [0.25, 0.3) is 0 Å². The highest BCUT2D eigenvalue weighted by Crippen LogP contribution is 2.35. The second-order valence-corrected chi connectivity index (χ2v) is 4.37. The molecule has 2 aromatic rings. The van der Waals surface area contributed by atoms with Crippen molar-refractivity contribution in [2.75, 3.05) is 5.73 Å². The lowest BCUT2D eigenvalue weighted by Gasteiger charge is -2.11. The number of aryl methyl sites for hydroxylation is 1. The SMILES string of the molecule is Nc1c(-c2ccncc2F)ccc2c1CCC2. The molecular formula is C14H13FN2. The van der Waals surface area contributed by atoms with Gasteiger partial charge in [0.1, 0.15) is 5.82 Å². The Hall–Kier alpha value is -1.90. The van der Waals surface area contributed by atoms with Crippen LogP contribution >= 0.6 is 0 Å². The molecule has 0 unspecified atom stereocenters. The molecular weight excluding hydrogens is 215 g/mol. The zero-order valence-electron chi connectivity index (χ0n) is 9.41. The fraction of sp³-hybridized carbons (Fsp3) is 0.214. The first-order valence-corrected chi connectivity index (χ1v) is 5.77. The summed E-state index contributed by atoms with van der Waals surface area (Å²) in [6, 6.07) is 5.65. The second-order valence-electron chi connectivity index (χ2n) is 4.37. The van der Waals surface area contributed by atoms with Gasteiger partial charge in [0.2, 0.25) is 0 Å². The lowest BCUT2D eigenvalue weighted by atomic mass is 9.98. The van der Waals surface area contributed by atoms with Crippen LogP contribution in [0.4, 0.5) is 10.1 Å². The summed E-state index contributed by atoms with van der Waals surface area (Å²) in [4.78, 5) is 3.76. The average molecular weight is 228 g/mol. The Kier molecular flexibility index (Phi) is 2.32. The van der Waals surface area contributed by atoms with Gasteiger partial charge in [-0.3, -0.25) is 4.98 Å². The lowest BCUT2D eigenvalue weighted by molar-refractivity contribution is 0.625. The van der Waals surface area contributed by atoms with Crippen molar-refractivity contribution in [3.63, 3.8) is 0 Å². The Morgan fingerprint density at radius 3 is 2.82 bits per heavy atom. The van der Waals surface area contributed by atoms with E-state index in [-0.39, 0.29) is 5.82 Å². The van der Waals surface area contributed by atoms with E-state index >= 15 is 0 Å². The van der Waals surface area contributed by atoms with Gasteiger partial charge in [-0.25, -0.2) is 4.39 Å². The van der Waals surface area contributed by atoms with E-state index in [2.05, 4.69) is 11.1 Å². The summed E-state index contributed by atoms with van der Waals surface area (Å²) in [5.74, 6) is -0.322. The van der Waals surface area contributed by atoms with Crippen LogP contribution in [0.5, 0.6) is 0 Å². The molecule has 86 valence electrons. The normalized spacial score (nSPS) is 13.7. The molecule has 1 aliphatic rings. The number of nitrogen functional groups attached to an aromatic ring is 1. The fourth-order valence-electron chi connectivity index (χ4n) is 2.52. The highest BCUT2D eigenvalue weighted by molar-refractivity contribution is 5.80. The molecule has 1 aromatic heterocycles. The fourth-order valence-corrected chi connectivity index (χ4v) is 2.52. The number of anilines is 1. The Morgan fingerprint density at radius 1 is 1.12 bits per heavy atom. The molecule has 3 heteroatoms. The molecule has 0 radical (unpaired) electrons. The second kappa shape index (κ2) is 3.84. The summed E-state index contributed by atoms with van der Waals surface area (Å²) in [7, 11) is 0. The largest absolute Gasteiger partial charge is 0.398 e. The summed E-state index contributed by atoms with van der Waals surface area (Å²) in [6.45, 7) is 0. The van der Waals surface area contributed by atoms with Crippen molar-refractivity contribution >= 4 is 5.69 Å². The minimum absolute atomic E-state index is 0.322. The quantitative estimate of drug-likeness (QED) is 0.762. The Labute approximate surface area is 99.3 Å². The molecule has 0 saturated carbocycles. The highest BCUT2D eigenvalue weighted by atomic mass is 19.1. The Bertz CT molecular complexity index is 578. The van der Waals surface area contributed by atoms with Crippen LogP contribution in [-0.4, -0.2) is 4.98 Å². The molecule has 0 aliphatic heterocycles. The smallest absolute Gasteiger partial charge is 0.149 e. The van der Waals surface area contributed by atoms with Crippen LogP contribution in [0.3, 0.4) is 0 Å². The van der Waals surface area contributed by atoms with Crippen LogP contribution in [0.1, 0.15) is 17.5 Å². The van der Waals surface area contributed by atoms with Crippen molar-refractivity contribution in [1.82, 2.24) is 4.98 Å². The predicted molar refractivity (Wildman–Crippen MR) is 66.1 cm³/mol. The van der Waals surface area contributed by atoms with Gasteiger partial charge in [-0.05, 0) is 36.5 Å². The molecule has 1 aliphatic carbocycles.